The minimum absolute atomic E-state index is 1.54. The first-order valence-electron chi connectivity index (χ1n) is 3.34. The van der Waals surface area contributed by atoms with Gasteiger partial charge in [-0.15, -0.1) is 0 Å². The number of hydrogen-bond donors (Lipinski definition) is 0. The Morgan fingerprint density at radius 1 is 0.750 bits per heavy atom. The summed E-state index contributed by atoms with van der Waals surface area (Å²) in [7, 11) is 0. The van der Waals surface area contributed by atoms with Crippen LogP contribution in [-0.4, -0.2) is 18.5 Å². The zero-order valence-electron chi connectivity index (χ0n) is 6.93. The maximum absolute atomic E-state index is 12.0. The first-order chi connectivity index (χ1) is 6.76. The molecule has 0 aliphatic carbocycles. The van der Waals surface area contributed by atoms with Crippen LogP contribution < -0.4 is 0 Å². The topological polar surface area (TPSA) is 0 Å². The van der Waals surface area contributed by atoms with E-state index in [4.69, 9.17) is 0 Å². The van der Waals surface area contributed by atoms with Crippen LogP contribution in [0, 0.1) is 5.92 Å². The molecule has 0 fully saturated rings. The van der Waals surface area contributed by atoms with Crippen molar-refractivity contribution in [2.75, 3.05) is 0 Å². The molecule has 0 saturated carbocycles. The Kier molecular flexibility index (Phi) is 3.88. The minimum Gasteiger partial charge on any atom is -0.202 e. The van der Waals surface area contributed by atoms with E-state index >= 15 is 0 Å². The monoisotopic (exact) mass is 264 g/mol. The molecule has 0 nitrogen and oxygen atoms in total. The van der Waals surface area contributed by atoms with Crippen LogP contribution in [-0.2, 0) is 0 Å². The van der Waals surface area contributed by atoms with E-state index in [0.29, 0.717) is 0 Å². The Labute approximate surface area is 81.5 Å². The fourth-order valence-electron chi connectivity index (χ4n) is 0.615. The molecule has 0 rings (SSSR count). The first kappa shape index (κ1) is 15.0. The molecule has 0 aromatic carbocycles. The highest BCUT2D eigenvalue weighted by molar-refractivity contribution is 5.05. The predicted molar refractivity (Wildman–Crippen MR) is 30.8 cm³/mol. The molecule has 0 unspecified atom stereocenters. The van der Waals surface area contributed by atoms with E-state index in [9.17, 15) is 43.9 Å². The molecule has 0 heterocycles. The van der Waals surface area contributed by atoms with Crippen LogP contribution in [0.1, 0.15) is 0 Å². The van der Waals surface area contributed by atoms with E-state index in [1.54, 1.807) is 0 Å². The van der Waals surface area contributed by atoms with Crippen LogP contribution >= 0.6 is 0 Å². The number of allylic oxidation sites excluding steroid dienone is 2. The van der Waals surface area contributed by atoms with E-state index in [1.807, 2.05) is 0 Å². The summed E-state index contributed by atoms with van der Waals surface area (Å²) in [6.45, 7) is 0. The van der Waals surface area contributed by atoms with E-state index in [-0.39, 0.29) is 0 Å². The van der Waals surface area contributed by atoms with Crippen LogP contribution in [0.2, 0.25) is 0 Å². The fourth-order valence-corrected chi connectivity index (χ4v) is 0.615. The highest BCUT2D eigenvalue weighted by Gasteiger charge is 2.56. The van der Waals surface area contributed by atoms with Gasteiger partial charge in [0.05, 0.1) is 0 Å². The minimum atomic E-state index is -6.04. The summed E-state index contributed by atoms with van der Waals surface area (Å²) in [6, 6.07) is 0. The van der Waals surface area contributed by atoms with Crippen LogP contribution in [0.4, 0.5) is 43.9 Å². The quantitative estimate of drug-likeness (QED) is 0.624. The van der Waals surface area contributed by atoms with Crippen LogP contribution in [0.5, 0.6) is 0 Å². The summed E-state index contributed by atoms with van der Waals surface area (Å²) in [5.74, 6) is -7.92. The smallest absolute Gasteiger partial charge is 0.202 e. The number of rotatable bonds is 1. The second-order valence-corrected chi connectivity index (χ2v) is 2.57. The summed E-state index contributed by atoms with van der Waals surface area (Å²) in [4.78, 5) is 0. The van der Waals surface area contributed by atoms with Gasteiger partial charge in [0.15, 0.2) is 5.92 Å². The first-order valence-corrected chi connectivity index (χ1v) is 3.34. The van der Waals surface area contributed by atoms with Gasteiger partial charge >= 0.3 is 18.5 Å². The van der Waals surface area contributed by atoms with Crippen molar-refractivity contribution in [3.8, 4) is 0 Å². The maximum Gasteiger partial charge on any atom is 0.442 e. The maximum atomic E-state index is 12.0. The third-order valence-electron chi connectivity index (χ3n) is 1.29. The summed E-state index contributed by atoms with van der Waals surface area (Å²) in [5, 5.41) is 0. The molecule has 0 saturated heterocycles. The van der Waals surface area contributed by atoms with Gasteiger partial charge in [-0.3, -0.25) is 0 Å². The lowest BCUT2D eigenvalue weighted by Gasteiger charge is -2.20. The molecular formula is C6H2F10. The van der Waals surface area contributed by atoms with Gasteiger partial charge in [-0.25, -0.2) is 4.39 Å². The zero-order chi connectivity index (χ0) is 13.4. The molecule has 0 atom stereocenters. The van der Waals surface area contributed by atoms with Crippen LogP contribution in [0.15, 0.2) is 11.9 Å². The number of alkyl halides is 9. The van der Waals surface area contributed by atoms with Crippen molar-refractivity contribution in [1.29, 1.82) is 0 Å². The van der Waals surface area contributed by atoms with Crippen LogP contribution in [0.3, 0.4) is 0 Å². The normalized spacial score (nSPS) is 15.8. The van der Waals surface area contributed by atoms with Crippen molar-refractivity contribution in [2.45, 2.75) is 18.5 Å². The molecule has 0 aliphatic heterocycles. The molecule has 16 heavy (non-hydrogen) atoms. The highest BCUT2D eigenvalue weighted by atomic mass is 19.4. The van der Waals surface area contributed by atoms with Gasteiger partial charge in [0.1, 0.15) is 0 Å². The Hall–Kier alpha value is -0.960. The summed E-state index contributed by atoms with van der Waals surface area (Å²) < 4.78 is 116. The van der Waals surface area contributed by atoms with E-state index in [2.05, 4.69) is 0 Å². The third kappa shape index (κ3) is 4.27. The van der Waals surface area contributed by atoms with E-state index in [0.717, 1.165) is 0 Å². The standard InChI is InChI=1S/C6H2F10/c7-3(6(14,15)16)1-2(4(8,9)10)5(11,12)13/h1-2H. The molecule has 0 bridgehead atoms. The predicted octanol–water partition coefficient (Wildman–Crippen LogP) is 4.14. The molecule has 0 aromatic rings. The Morgan fingerprint density at radius 3 is 1.25 bits per heavy atom. The SMILES string of the molecule is FC(=CC(C(F)(F)F)C(F)(F)F)C(F)(F)F. The van der Waals surface area contributed by atoms with Crippen LogP contribution in [0.25, 0.3) is 0 Å². The molecule has 0 spiro atoms. The van der Waals surface area contributed by atoms with Crippen molar-refractivity contribution in [2.24, 2.45) is 5.92 Å². The molecular weight excluding hydrogens is 262 g/mol. The van der Waals surface area contributed by atoms with Gasteiger partial charge in [-0.05, 0) is 6.08 Å². The van der Waals surface area contributed by atoms with Gasteiger partial charge in [0, 0.05) is 0 Å². The van der Waals surface area contributed by atoms with Crippen molar-refractivity contribution < 1.29 is 43.9 Å². The molecule has 0 amide bonds. The van der Waals surface area contributed by atoms with Crippen molar-refractivity contribution in [3.05, 3.63) is 11.9 Å². The third-order valence-corrected chi connectivity index (χ3v) is 1.29. The van der Waals surface area contributed by atoms with Gasteiger partial charge in [0.25, 0.3) is 0 Å². The number of hydrogen-bond acceptors (Lipinski definition) is 0. The lowest BCUT2D eigenvalue weighted by atomic mass is 10.1. The molecule has 0 N–H and O–H groups in total. The Bertz CT molecular complexity index is 249. The average Bonchev–Trinajstić information content (AvgIpc) is 1.92. The van der Waals surface area contributed by atoms with Gasteiger partial charge in [-0.2, -0.15) is 39.5 Å². The van der Waals surface area contributed by atoms with E-state index < -0.39 is 36.3 Å². The zero-order valence-corrected chi connectivity index (χ0v) is 6.93. The summed E-state index contributed by atoms with van der Waals surface area (Å²) in [5.41, 5.74) is 0. The van der Waals surface area contributed by atoms with Crippen molar-refractivity contribution in [3.63, 3.8) is 0 Å². The van der Waals surface area contributed by atoms with Gasteiger partial charge in [0.2, 0.25) is 5.83 Å². The lowest BCUT2D eigenvalue weighted by molar-refractivity contribution is -0.268. The summed E-state index contributed by atoms with van der Waals surface area (Å²) >= 11 is 0. The molecule has 0 radical (unpaired) electrons. The molecule has 10 heteroatoms. The van der Waals surface area contributed by atoms with Gasteiger partial charge in [-0.1, -0.05) is 0 Å². The molecule has 96 valence electrons. The Balaban J connectivity index is 5.28. The van der Waals surface area contributed by atoms with Crippen molar-refractivity contribution >= 4 is 0 Å². The second kappa shape index (κ2) is 4.13. The lowest BCUT2D eigenvalue weighted by Crippen LogP contribution is -2.35. The molecule has 0 aromatic heterocycles. The average molecular weight is 264 g/mol. The molecule has 0 aliphatic rings. The summed E-state index contributed by atoms with van der Waals surface area (Å²) in [6.07, 6.45) is -19.5. The van der Waals surface area contributed by atoms with Gasteiger partial charge < -0.3 is 0 Å². The Morgan fingerprint density at radius 2 is 1.06 bits per heavy atom. The largest absolute Gasteiger partial charge is 0.442 e. The fraction of sp³-hybridized carbons (Fsp3) is 0.667. The second-order valence-electron chi connectivity index (χ2n) is 2.57. The number of halogens is 10. The van der Waals surface area contributed by atoms with Crippen molar-refractivity contribution in [1.82, 2.24) is 0 Å². The highest BCUT2D eigenvalue weighted by Crippen LogP contribution is 2.42. The van der Waals surface area contributed by atoms with E-state index in [1.165, 1.54) is 0 Å².